The third kappa shape index (κ3) is 3.24. The lowest BCUT2D eigenvalue weighted by Gasteiger charge is -2.49. The number of nitrogens with zero attached hydrogens (tertiary/aromatic N) is 3. The van der Waals surface area contributed by atoms with Gasteiger partial charge in [0.05, 0.1) is 11.3 Å². The number of amides is 2. The minimum absolute atomic E-state index is 0.104. The first kappa shape index (κ1) is 16.8. The summed E-state index contributed by atoms with van der Waals surface area (Å²) in [6.07, 6.45) is 7.12. The zero-order valence-electron chi connectivity index (χ0n) is 14.4. The fourth-order valence-electron chi connectivity index (χ4n) is 4.31. The van der Waals surface area contributed by atoms with Crippen LogP contribution in [-0.4, -0.2) is 59.3 Å². The molecule has 6 nitrogen and oxygen atoms in total. The van der Waals surface area contributed by atoms with Crippen molar-refractivity contribution >= 4 is 17.9 Å². The maximum atomic E-state index is 12.3. The van der Waals surface area contributed by atoms with Crippen LogP contribution in [0.25, 0.3) is 0 Å². The van der Waals surface area contributed by atoms with Crippen LogP contribution in [0.4, 0.5) is 10.5 Å². The van der Waals surface area contributed by atoms with Gasteiger partial charge in [-0.05, 0) is 49.6 Å². The molecule has 24 heavy (non-hydrogen) atoms. The Morgan fingerprint density at radius 1 is 1.33 bits per heavy atom. The van der Waals surface area contributed by atoms with E-state index in [-0.39, 0.29) is 6.04 Å². The summed E-state index contributed by atoms with van der Waals surface area (Å²) < 4.78 is 1.00. The van der Waals surface area contributed by atoms with E-state index in [1.54, 1.807) is 18.2 Å². The molecule has 2 saturated heterocycles. The number of urea groups is 1. The predicted octanol–water partition coefficient (Wildman–Crippen LogP) is 2.04. The molecular formula is C18H27N4O2+. The number of hydroxylamine groups is 1. The maximum Gasteiger partial charge on any atom is 0.319 e. The molecule has 2 atom stereocenters. The Morgan fingerprint density at radius 2 is 1.96 bits per heavy atom. The quantitative estimate of drug-likeness (QED) is 0.385. The van der Waals surface area contributed by atoms with E-state index in [9.17, 15) is 10.0 Å². The second-order valence-corrected chi connectivity index (χ2v) is 7.00. The van der Waals surface area contributed by atoms with Gasteiger partial charge in [0, 0.05) is 18.1 Å². The minimum Gasteiger partial charge on any atom is -0.351 e. The fourth-order valence-corrected chi connectivity index (χ4v) is 4.31. The average molecular weight is 331 g/mol. The van der Waals surface area contributed by atoms with Crippen LogP contribution in [0.15, 0.2) is 24.3 Å². The second kappa shape index (κ2) is 6.81. The Kier molecular flexibility index (Phi) is 4.76. The van der Waals surface area contributed by atoms with Crippen molar-refractivity contribution in [3.05, 3.63) is 29.8 Å². The van der Waals surface area contributed by atoms with Crippen molar-refractivity contribution < 1.29 is 14.7 Å². The molecule has 1 aromatic carbocycles. The van der Waals surface area contributed by atoms with Crippen LogP contribution in [0.1, 0.15) is 37.7 Å². The second-order valence-electron chi connectivity index (χ2n) is 7.00. The lowest BCUT2D eigenvalue weighted by molar-refractivity contribution is -0.750. The largest absolute Gasteiger partial charge is 0.351 e. The SMILES string of the molecule is CN1C2CCCC1CC(N(C(N)=O)c1ccccc1C=[N+](C)O)C2. The molecule has 0 aromatic heterocycles. The predicted molar refractivity (Wildman–Crippen MR) is 93.9 cm³/mol. The van der Waals surface area contributed by atoms with Crippen LogP contribution in [0.5, 0.6) is 0 Å². The van der Waals surface area contributed by atoms with E-state index in [0.717, 1.165) is 28.8 Å². The Balaban J connectivity index is 1.94. The summed E-state index contributed by atoms with van der Waals surface area (Å²) in [5.74, 6) is 0. The zero-order valence-corrected chi connectivity index (χ0v) is 14.4. The Bertz CT molecular complexity index is 628. The molecule has 2 aliphatic rings. The molecule has 2 fully saturated rings. The molecule has 2 bridgehead atoms. The third-order valence-electron chi connectivity index (χ3n) is 5.44. The van der Waals surface area contributed by atoms with E-state index in [1.165, 1.54) is 19.3 Å². The van der Waals surface area contributed by atoms with Crippen molar-refractivity contribution in [2.75, 3.05) is 19.0 Å². The first-order chi connectivity index (χ1) is 11.5. The molecule has 0 radical (unpaired) electrons. The van der Waals surface area contributed by atoms with Crippen molar-refractivity contribution in [2.24, 2.45) is 5.73 Å². The molecule has 2 aliphatic heterocycles. The smallest absolute Gasteiger partial charge is 0.319 e. The van der Waals surface area contributed by atoms with Gasteiger partial charge in [-0.1, -0.05) is 18.6 Å². The van der Waals surface area contributed by atoms with Crippen LogP contribution >= 0.6 is 0 Å². The van der Waals surface area contributed by atoms with Crippen LogP contribution in [-0.2, 0) is 0 Å². The van der Waals surface area contributed by atoms with Gasteiger partial charge in [-0.3, -0.25) is 10.1 Å². The number of carbonyl (C=O) groups excluding carboxylic acids is 1. The van der Waals surface area contributed by atoms with E-state index in [4.69, 9.17) is 5.73 Å². The Labute approximate surface area is 143 Å². The Hall–Kier alpha value is -2.08. The summed E-state index contributed by atoms with van der Waals surface area (Å²) in [6, 6.07) is 8.28. The van der Waals surface area contributed by atoms with E-state index >= 15 is 0 Å². The molecule has 130 valence electrons. The van der Waals surface area contributed by atoms with Gasteiger partial charge >= 0.3 is 6.03 Å². The Morgan fingerprint density at radius 3 is 2.54 bits per heavy atom. The summed E-state index contributed by atoms with van der Waals surface area (Å²) >= 11 is 0. The van der Waals surface area contributed by atoms with E-state index in [1.807, 2.05) is 24.3 Å². The lowest BCUT2D eigenvalue weighted by Crippen LogP contribution is -2.57. The standard InChI is InChI=1S/C18H26N4O2/c1-20(24)12-13-6-3-4-9-17(13)22(18(19)23)16-10-14-7-5-8-15(11-16)21(14)2/h3-4,6,9,12,14-16H,5,7-8,10-11H2,1-2H3,(H2-,19,23,24)/p+1. The van der Waals surface area contributed by atoms with Gasteiger partial charge < -0.3 is 10.6 Å². The van der Waals surface area contributed by atoms with Crippen molar-refractivity contribution in [2.45, 2.75) is 50.2 Å². The third-order valence-corrected chi connectivity index (χ3v) is 5.44. The van der Waals surface area contributed by atoms with Gasteiger partial charge in [-0.2, -0.15) is 0 Å². The number of hydrogen-bond acceptors (Lipinski definition) is 3. The van der Waals surface area contributed by atoms with Crippen molar-refractivity contribution in [3.8, 4) is 0 Å². The van der Waals surface area contributed by atoms with Crippen LogP contribution in [0.3, 0.4) is 0 Å². The number of piperidine rings is 2. The summed E-state index contributed by atoms with van der Waals surface area (Å²) in [7, 11) is 3.74. The number of rotatable bonds is 3. The number of fused-ring (bicyclic) bond motifs is 2. The summed E-state index contributed by atoms with van der Waals surface area (Å²) in [6.45, 7) is 0. The minimum atomic E-state index is -0.427. The molecule has 2 unspecified atom stereocenters. The lowest BCUT2D eigenvalue weighted by atomic mass is 9.81. The van der Waals surface area contributed by atoms with E-state index in [0.29, 0.717) is 12.1 Å². The number of nitrogens with two attached hydrogens (primary N) is 1. The van der Waals surface area contributed by atoms with Crippen molar-refractivity contribution in [1.82, 2.24) is 4.90 Å². The molecule has 3 N–H and O–H groups in total. The molecule has 0 aliphatic carbocycles. The van der Waals surface area contributed by atoms with Gasteiger partial charge in [0.2, 0.25) is 6.21 Å². The van der Waals surface area contributed by atoms with Gasteiger partial charge in [-0.25, -0.2) is 4.79 Å². The van der Waals surface area contributed by atoms with Gasteiger partial charge in [0.15, 0.2) is 7.05 Å². The molecule has 2 amide bonds. The van der Waals surface area contributed by atoms with Gasteiger partial charge in [-0.15, -0.1) is 0 Å². The van der Waals surface area contributed by atoms with E-state index in [2.05, 4.69) is 11.9 Å². The van der Waals surface area contributed by atoms with Gasteiger partial charge in [0.25, 0.3) is 0 Å². The van der Waals surface area contributed by atoms with Crippen molar-refractivity contribution in [3.63, 3.8) is 0 Å². The number of hydrogen-bond donors (Lipinski definition) is 2. The number of para-hydroxylation sites is 1. The molecule has 3 rings (SSSR count). The molecule has 0 spiro atoms. The summed E-state index contributed by atoms with van der Waals surface area (Å²) in [5.41, 5.74) is 7.31. The number of carbonyl (C=O) groups is 1. The monoisotopic (exact) mass is 331 g/mol. The topological polar surface area (TPSA) is 72.8 Å². The van der Waals surface area contributed by atoms with Crippen molar-refractivity contribution in [1.29, 1.82) is 0 Å². The average Bonchev–Trinajstić information content (AvgIpc) is 2.49. The highest BCUT2D eigenvalue weighted by molar-refractivity contribution is 5.97. The highest BCUT2D eigenvalue weighted by atomic mass is 16.5. The van der Waals surface area contributed by atoms with Crippen LogP contribution in [0.2, 0.25) is 0 Å². The number of primary amides is 1. The summed E-state index contributed by atoms with van der Waals surface area (Å²) in [4.78, 5) is 16.5. The molecule has 2 heterocycles. The molecular weight excluding hydrogens is 304 g/mol. The molecule has 1 aromatic rings. The summed E-state index contributed by atoms with van der Waals surface area (Å²) in [5, 5.41) is 9.56. The van der Waals surface area contributed by atoms with Gasteiger partial charge in [0.1, 0.15) is 0 Å². The van der Waals surface area contributed by atoms with E-state index < -0.39 is 6.03 Å². The first-order valence-corrected chi connectivity index (χ1v) is 8.63. The maximum absolute atomic E-state index is 12.3. The van der Waals surface area contributed by atoms with Crippen LogP contribution < -0.4 is 10.6 Å². The highest BCUT2D eigenvalue weighted by Gasteiger charge is 2.40. The van der Waals surface area contributed by atoms with Crippen LogP contribution in [0, 0.1) is 0 Å². The number of anilines is 1. The highest BCUT2D eigenvalue weighted by Crippen LogP contribution is 2.36. The molecule has 6 heteroatoms. The first-order valence-electron chi connectivity index (χ1n) is 8.63. The molecule has 0 saturated carbocycles. The number of benzene rings is 1. The zero-order chi connectivity index (χ0) is 17.3. The normalized spacial score (nSPS) is 27.8. The fraction of sp³-hybridized carbons (Fsp3) is 0.556.